The smallest absolute Gasteiger partial charge is 0.195 e. The second-order valence-electron chi connectivity index (χ2n) is 31.8. The van der Waals surface area contributed by atoms with Gasteiger partial charge in [0.2, 0.25) is 0 Å². The third kappa shape index (κ3) is 17.8. The molecule has 6 heterocycles. The number of hydrogen-bond donors (Lipinski definition) is 6. The molecule has 0 radical (unpaired) electrons. The molecule has 24 nitrogen and oxygen atoms in total. The predicted octanol–water partition coefficient (Wildman–Crippen LogP) is 10.7. The molecular weight excluding hydrogens is 1610 g/mol. The Balaban J connectivity index is 0.000000111. The summed E-state index contributed by atoms with van der Waals surface area (Å²) in [5.74, 6) is 0. The molecule has 0 saturated carbocycles. The molecule has 0 aromatic heterocycles. The van der Waals surface area contributed by atoms with Crippen molar-refractivity contribution < 1.29 is 50.5 Å². The van der Waals surface area contributed by atoms with Gasteiger partial charge in [-0.3, -0.25) is 0 Å². The summed E-state index contributed by atoms with van der Waals surface area (Å²) in [6.07, 6.45) is 4.54. The van der Waals surface area contributed by atoms with Gasteiger partial charge in [0, 0.05) is 39.3 Å². The summed E-state index contributed by atoms with van der Waals surface area (Å²) < 4.78 is 172. The molecule has 10 aromatic carbocycles. The fourth-order valence-electron chi connectivity index (χ4n) is 18.3. The lowest BCUT2D eigenvalue weighted by Gasteiger charge is -2.24. The number of fused-ring (bicyclic) bond motifs is 12. The van der Waals surface area contributed by atoms with Crippen molar-refractivity contribution in [2.75, 3.05) is 14.1 Å². The van der Waals surface area contributed by atoms with Gasteiger partial charge in [-0.15, -0.1) is 0 Å². The lowest BCUT2D eigenvalue weighted by molar-refractivity contribution is 0.284. The van der Waals surface area contributed by atoms with Gasteiger partial charge in [-0.2, -0.15) is 105 Å². The van der Waals surface area contributed by atoms with Gasteiger partial charge in [-0.1, -0.05) is 279 Å². The van der Waals surface area contributed by atoms with E-state index in [1.807, 2.05) is 282 Å². The quantitative estimate of drug-likeness (QED) is 0.0666. The molecule has 0 spiro atoms. The van der Waals surface area contributed by atoms with Crippen molar-refractivity contribution in [3.05, 3.63) is 357 Å². The molecule has 0 unspecified atom stereocenters. The number of benzene rings is 10. The largest absolute Gasteiger partial charge is 0.280 e. The van der Waals surface area contributed by atoms with E-state index in [9.17, 15) is 50.5 Å². The molecular formula is C88H100N12O12S6. The van der Waals surface area contributed by atoms with Gasteiger partial charge in [0.15, 0.2) is 0 Å². The summed E-state index contributed by atoms with van der Waals surface area (Å²) in [7, 11) is -17.0. The Bertz CT molecular complexity index is 5570. The average Bonchev–Trinajstić information content (AvgIpc) is 1.61. The summed E-state index contributed by atoms with van der Waals surface area (Å²) in [6, 6.07) is 90.2. The molecule has 0 bridgehead atoms. The second kappa shape index (κ2) is 34.9. The van der Waals surface area contributed by atoms with Gasteiger partial charge >= 0.3 is 0 Å². The molecule has 30 heteroatoms. The van der Waals surface area contributed by atoms with Crippen molar-refractivity contribution in [3.63, 3.8) is 0 Å². The Kier molecular flexibility index (Phi) is 25.0. The van der Waals surface area contributed by atoms with Crippen molar-refractivity contribution in [1.82, 2.24) is 54.2 Å². The Morgan fingerprint density at radius 3 is 0.788 bits per heavy atom. The first-order valence-electron chi connectivity index (χ1n) is 39.7. The molecule has 20 rings (SSSR count). The zero-order valence-electron chi connectivity index (χ0n) is 66.3. The molecule has 10 aliphatic rings. The van der Waals surface area contributed by atoms with Crippen molar-refractivity contribution in [2.45, 2.75) is 164 Å². The zero-order valence-corrected chi connectivity index (χ0v) is 71.2. The molecule has 118 heavy (non-hydrogen) atoms. The number of nitrogens with zero attached hydrogens (tertiary/aromatic N) is 6. The van der Waals surface area contributed by atoms with Crippen LogP contribution in [0.25, 0.3) is 0 Å². The van der Waals surface area contributed by atoms with Crippen molar-refractivity contribution in [3.8, 4) is 0 Å². The molecule has 10 aromatic rings. The average molecular weight is 1710 g/mol. The van der Waals surface area contributed by atoms with E-state index < -0.39 is 61.3 Å². The van der Waals surface area contributed by atoms with E-state index in [2.05, 4.69) is 52.6 Å². The SMILES string of the molecule is CC(C)N1[C@@H]2Cc3ccccc3[C@@H]2NS1(=O)=O.CC(C)N1[C@H]2Cc3ccccc3[C@H]2NS1(=O)=O.CN1[C@@H](Cc2ccccc2)[C@H](c2ccccc2)NS1(=O)=O.CN1[C@H](Cc2ccccc2)[C@@H](c2ccccc2)NS1(=O)=O.O=S1(=O)N[C@@H]2c3ccccc3C[C@@H]2N1Cc1ccccc1.O=S1(=O)N[C@H]2c3ccccc3C[C@H]2N1Cc1ccccc1. The monoisotopic (exact) mass is 1710 g/mol. The van der Waals surface area contributed by atoms with E-state index in [-0.39, 0.29) is 84.6 Å². The van der Waals surface area contributed by atoms with Crippen LogP contribution in [0.5, 0.6) is 0 Å². The van der Waals surface area contributed by atoms with E-state index in [4.69, 9.17) is 0 Å². The lowest BCUT2D eigenvalue weighted by atomic mass is 9.95. The van der Waals surface area contributed by atoms with Gasteiger partial charge in [0.25, 0.3) is 61.3 Å². The molecule has 4 aliphatic carbocycles. The highest BCUT2D eigenvalue weighted by molar-refractivity contribution is 7.88. The summed E-state index contributed by atoms with van der Waals surface area (Å²) in [6.45, 7) is 8.53. The predicted molar refractivity (Wildman–Crippen MR) is 459 cm³/mol. The van der Waals surface area contributed by atoms with Crippen molar-refractivity contribution >= 4 is 61.3 Å². The Morgan fingerprint density at radius 2 is 0.500 bits per heavy atom. The van der Waals surface area contributed by atoms with Gasteiger partial charge in [0.1, 0.15) is 0 Å². The molecule has 6 N–H and O–H groups in total. The zero-order chi connectivity index (χ0) is 83.1. The van der Waals surface area contributed by atoms with E-state index in [0.717, 1.165) is 81.3 Å². The first-order valence-corrected chi connectivity index (χ1v) is 48.4. The Labute approximate surface area is 695 Å². The fourth-order valence-corrected chi connectivity index (χ4v) is 27.8. The van der Waals surface area contributed by atoms with Crippen LogP contribution in [0.4, 0.5) is 0 Å². The second-order valence-corrected chi connectivity index (χ2v) is 41.8. The van der Waals surface area contributed by atoms with E-state index >= 15 is 0 Å². The van der Waals surface area contributed by atoms with Crippen LogP contribution in [0.1, 0.15) is 142 Å². The number of hydrogen-bond acceptors (Lipinski definition) is 12. The maximum absolute atomic E-state index is 12.4. The number of rotatable bonds is 12. The maximum Gasteiger partial charge on any atom is 0.280 e. The van der Waals surface area contributed by atoms with Crippen LogP contribution in [0, 0.1) is 0 Å². The van der Waals surface area contributed by atoms with Gasteiger partial charge < -0.3 is 0 Å². The highest BCUT2D eigenvalue weighted by Crippen LogP contribution is 2.46. The Morgan fingerprint density at radius 1 is 0.271 bits per heavy atom. The Hall–Kier alpha value is -8.58. The minimum Gasteiger partial charge on any atom is -0.195 e. The molecule has 6 aliphatic heterocycles. The maximum atomic E-state index is 12.4. The number of nitrogens with one attached hydrogen (secondary N) is 6. The third-order valence-electron chi connectivity index (χ3n) is 23.8. The van der Waals surface area contributed by atoms with Crippen molar-refractivity contribution in [1.29, 1.82) is 0 Å². The van der Waals surface area contributed by atoms with E-state index in [0.29, 0.717) is 25.9 Å². The van der Waals surface area contributed by atoms with Gasteiger partial charge in [-0.25, -0.2) is 0 Å². The summed E-state index contributed by atoms with van der Waals surface area (Å²) >= 11 is 0. The van der Waals surface area contributed by atoms with Crippen LogP contribution in [0.3, 0.4) is 0 Å². The van der Waals surface area contributed by atoms with E-state index in [1.165, 1.54) is 30.9 Å². The summed E-state index contributed by atoms with van der Waals surface area (Å²) in [4.78, 5) is 0. The molecule has 6 saturated heterocycles. The van der Waals surface area contributed by atoms with Gasteiger partial charge in [0.05, 0.1) is 72.5 Å². The minimum atomic E-state index is -3.41. The van der Waals surface area contributed by atoms with Crippen LogP contribution >= 0.6 is 0 Å². The highest BCUT2D eigenvalue weighted by atomic mass is 32.2. The molecule has 620 valence electrons. The first kappa shape index (κ1) is 84.4. The van der Waals surface area contributed by atoms with Crippen LogP contribution in [0.2, 0.25) is 0 Å². The van der Waals surface area contributed by atoms with Crippen LogP contribution < -0.4 is 28.3 Å². The first-order chi connectivity index (χ1) is 56.5. The highest BCUT2D eigenvalue weighted by Gasteiger charge is 2.54. The van der Waals surface area contributed by atoms with Gasteiger partial charge in [-0.05, 0) is 144 Å². The summed E-state index contributed by atoms with van der Waals surface area (Å²) in [5, 5.41) is 0. The lowest BCUT2D eigenvalue weighted by Crippen LogP contribution is -2.40. The molecule has 0 amide bonds. The standard InChI is InChI=1S/2C16H16N2O2S.2C16H18N2O2S.2C12H16N2O2S/c2*19-21(20)17-16-14-9-5-4-8-13(14)10-15(16)18(21)11-12-6-2-1-3-7-12;2*1-18-15(12-13-8-4-2-5-9-13)16(17-21(18,19)20)14-10-6-3-7-11-14;2*1-8(2)14-11-7-9-5-3-4-6-10(9)12(11)13-17(14,15)16/h2*1-9,15-17H,10-11H2;2*2-11,15-17H,12H2,1H3;2*3-6,8,11-13H,7H2,1-2H3/t2*15-,16+;2*15-,16-;2*11-,12+/m101010/s1. The minimum absolute atomic E-state index is 0.00295. The topological polar surface area (TPSA) is 296 Å². The normalized spacial score (nSPS) is 27.1. The fraction of sp³-hybridized carbons (Fsp3) is 0.318. The van der Waals surface area contributed by atoms with E-state index in [1.54, 1.807) is 31.3 Å². The number of likely N-dealkylation sites (N-methyl/N-ethyl adjacent to an activating group) is 2. The third-order valence-corrected chi connectivity index (χ3v) is 33.7. The summed E-state index contributed by atoms with van der Waals surface area (Å²) in [5.41, 5.74) is 15.8. The van der Waals surface area contributed by atoms with Crippen LogP contribution in [-0.4, -0.2) is 139 Å². The van der Waals surface area contributed by atoms with Crippen LogP contribution in [0.15, 0.2) is 279 Å². The molecule has 6 fully saturated rings. The molecule has 12 atom stereocenters. The van der Waals surface area contributed by atoms with Crippen molar-refractivity contribution in [2.24, 2.45) is 0 Å². The van der Waals surface area contributed by atoms with Crippen LogP contribution in [-0.2, 0) is 113 Å².